The van der Waals surface area contributed by atoms with Crippen LogP contribution in [0.3, 0.4) is 0 Å². The van der Waals surface area contributed by atoms with Gasteiger partial charge in [0.05, 0.1) is 5.16 Å². The van der Waals surface area contributed by atoms with E-state index in [2.05, 4.69) is 71.7 Å². The number of hydrogen-bond acceptors (Lipinski definition) is 2. The normalized spacial score (nSPS) is 25.4. The van der Waals surface area contributed by atoms with Gasteiger partial charge in [-0.05, 0) is 36.1 Å². The first kappa shape index (κ1) is 20.0. The van der Waals surface area contributed by atoms with E-state index in [4.69, 9.17) is 0 Å². The Balaban J connectivity index is 1.77. The predicted molar refractivity (Wildman–Crippen MR) is 128 cm³/mol. The molecule has 1 aromatic heterocycles. The zero-order valence-electron chi connectivity index (χ0n) is 17.5. The van der Waals surface area contributed by atoms with Crippen LogP contribution in [0.1, 0.15) is 35.3 Å². The van der Waals surface area contributed by atoms with Gasteiger partial charge in [0.1, 0.15) is 7.14 Å². The lowest BCUT2D eigenvalue weighted by atomic mass is 9.88. The fourth-order valence-corrected chi connectivity index (χ4v) is 9.89. The standard InChI is InChI=1S/C28H26NOP/c30-31(26-17-8-3-9-18-26)27(23-12-4-1-5-13-23)19-20-28(31,24-14-6-2-7-15-24)22-25-16-10-11-21-29-25/h1-18,21,27H,19-20,22H2/t27-,28-,31-/m0/s1. The Morgan fingerprint density at radius 2 is 1.39 bits per heavy atom. The highest BCUT2D eigenvalue weighted by molar-refractivity contribution is 7.73. The number of nitrogens with zero attached hydrogens (tertiary/aromatic N) is 1. The molecule has 154 valence electrons. The van der Waals surface area contributed by atoms with Crippen LogP contribution in [0.15, 0.2) is 115 Å². The van der Waals surface area contributed by atoms with Crippen molar-refractivity contribution < 1.29 is 4.57 Å². The summed E-state index contributed by atoms with van der Waals surface area (Å²) in [5.74, 6) is 0. The zero-order valence-corrected chi connectivity index (χ0v) is 18.4. The first-order valence-electron chi connectivity index (χ1n) is 10.9. The molecule has 1 fully saturated rings. The summed E-state index contributed by atoms with van der Waals surface area (Å²) in [6, 6.07) is 37.1. The van der Waals surface area contributed by atoms with E-state index in [1.807, 2.05) is 48.7 Å². The SMILES string of the molecule is O=[P@@]1(c2ccccc2)[C@H](c2ccccc2)CC[C@]1(Cc1ccccn1)c1ccccc1. The van der Waals surface area contributed by atoms with Gasteiger partial charge in [0, 0.05) is 29.3 Å². The molecular weight excluding hydrogens is 397 g/mol. The molecule has 2 nitrogen and oxygen atoms in total. The van der Waals surface area contributed by atoms with E-state index in [9.17, 15) is 0 Å². The van der Waals surface area contributed by atoms with Gasteiger partial charge in [-0.1, -0.05) is 97.1 Å². The molecule has 1 aliphatic rings. The number of aromatic nitrogens is 1. The van der Waals surface area contributed by atoms with Crippen molar-refractivity contribution >= 4 is 12.4 Å². The van der Waals surface area contributed by atoms with Crippen LogP contribution >= 0.6 is 7.14 Å². The fourth-order valence-electron chi connectivity index (χ4n) is 5.34. The molecule has 3 heteroatoms. The molecule has 0 unspecified atom stereocenters. The minimum atomic E-state index is -2.92. The average molecular weight is 423 g/mol. The molecule has 0 spiro atoms. The van der Waals surface area contributed by atoms with E-state index in [0.717, 1.165) is 29.4 Å². The topological polar surface area (TPSA) is 30.0 Å². The zero-order chi connectivity index (χ0) is 21.2. The van der Waals surface area contributed by atoms with Crippen molar-refractivity contribution in [1.82, 2.24) is 4.98 Å². The molecule has 1 saturated heterocycles. The molecule has 0 aliphatic carbocycles. The van der Waals surface area contributed by atoms with Crippen LogP contribution in [0.5, 0.6) is 0 Å². The van der Waals surface area contributed by atoms with Crippen LogP contribution < -0.4 is 5.30 Å². The molecule has 2 heterocycles. The maximum Gasteiger partial charge on any atom is 0.133 e. The van der Waals surface area contributed by atoms with Crippen molar-refractivity contribution in [2.24, 2.45) is 0 Å². The molecule has 0 radical (unpaired) electrons. The van der Waals surface area contributed by atoms with Gasteiger partial charge in [-0.25, -0.2) is 0 Å². The molecule has 0 saturated carbocycles. The number of hydrogen-bond donors (Lipinski definition) is 0. The van der Waals surface area contributed by atoms with E-state index in [1.165, 1.54) is 5.56 Å². The first-order valence-corrected chi connectivity index (χ1v) is 12.7. The Hall–Kier alpha value is -2.96. The summed E-state index contributed by atoms with van der Waals surface area (Å²) in [6.07, 6.45) is 4.29. The van der Waals surface area contributed by atoms with Gasteiger partial charge in [0.2, 0.25) is 0 Å². The second-order valence-electron chi connectivity index (χ2n) is 8.35. The van der Waals surface area contributed by atoms with Crippen LogP contribution in [-0.2, 0) is 16.1 Å². The average Bonchev–Trinajstić information content (AvgIpc) is 3.15. The molecule has 3 aromatic carbocycles. The van der Waals surface area contributed by atoms with Gasteiger partial charge >= 0.3 is 0 Å². The molecule has 5 rings (SSSR count). The monoisotopic (exact) mass is 423 g/mol. The quantitative estimate of drug-likeness (QED) is 0.333. The molecule has 0 bridgehead atoms. The lowest BCUT2D eigenvalue weighted by Gasteiger charge is -2.39. The van der Waals surface area contributed by atoms with Crippen LogP contribution in [0.25, 0.3) is 0 Å². The fraction of sp³-hybridized carbons (Fsp3) is 0.179. The van der Waals surface area contributed by atoms with E-state index in [-0.39, 0.29) is 5.66 Å². The van der Waals surface area contributed by atoms with Crippen molar-refractivity contribution in [1.29, 1.82) is 0 Å². The van der Waals surface area contributed by atoms with Crippen molar-refractivity contribution in [3.8, 4) is 0 Å². The first-order chi connectivity index (χ1) is 15.2. The Bertz CT molecular complexity index is 1180. The van der Waals surface area contributed by atoms with Gasteiger partial charge in [0.15, 0.2) is 0 Å². The Labute approximate surface area is 184 Å². The summed E-state index contributed by atoms with van der Waals surface area (Å²) in [6.45, 7) is 0. The van der Waals surface area contributed by atoms with Gasteiger partial charge in [-0.15, -0.1) is 0 Å². The maximum absolute atomic E-state index is 15.6. The lowest BCUT2D eigenvalue weighted by molar-refractivity contribution is 0.519. The summed E-state index contributed by atoms with van der Waals surface area (Å²) in [5.41, 5.74) is 3.33. The van der Waals surface area contributed by atoms with Crippen molar-refractivity contribution in [3.05, 3.63) is 132 Å². The molecule has 31 heavy (non-hydrogen) atoms. The van der Waals surface area contributed by atoms with E-state index >= 15 is 4.57 Å². The second-order valence-corrected chi connectivity index (χ2v) is 11.7. The molecule has 4 aromatic rings. The molecule has 1 aliphatic heterocycles. The maximum atomic E-state index is 15.6. The number of benzene rings is 3. The summed E-state index contributed by atoms with van der Waals surface area (Å²) < 4.78 is 15.6. The Morgan fingerprint density at radius 3 is 2.03 bits per heavy atom. The highest BCUT2D eigenvalue weighted by Crippen LogP contribution is 2.79. The smallest absolute Gasteiger partial charge is 0.133 e. The third-order valence-corrected chi connectivity index (χ3v) is 11.2. The van der Waals surface area contributed by atoms with Gasteiger partial charge < -0.3 is 4.57 Å². The predicted octanol–water partition coefficient (Wildman–Crippen LogP) is 6.74. The minimum absolute atomic E-state index is 0.0000170. The van der Waals surface area contributed by atoms with Crippen LogP contribution in [-0.4, -0.2) is 4.98 Å². The Morgan fingerprint density at radius 1 is 0.774 bits per heavy atom. The molecular formula is C28H26NOP. The summed E-state index contributed by atoms with van der Waals surface area (Å²) in [7, 11) is -2.92. The lowest BCUT2D eigenvalue weighted by Crippen LogP contribution is -2.31. The van der Waals surface area contributed by atoms with Crippen molar-refractivity contribution in [2.75, 3.05) is 0 Å². The number of pyridine rings is 1. The van der Waals surface area contributed by atoms with Crippen molar-refractivity contribution in [2.45, 2.75) is 30.1 Å². The highest BCUT2D eigenvalue weighted by atomic mass is 31.2. The third kappa shape index (κ3) is 3.36. The van der Waals surface area contributed by atoms with Gasteiger partial charge in [-0.2, -0.15) is 0 Å². The van der Waals surface area contributed by atoms with E-state index in [0.29, 0.717) is 6.42 Å². The van der Waals surface area contributed by atoms with Crippen LogP contribution in [0.4, 0.5) is 0 Å². The molecule has 0 amide bonds. The largest absolute Gasteiger partial charge is 0.317 e. The second kappa shape index (κ2) is 8.29. The number of rotatable bonds is 5. The summed E-state index contributed by atoms with van der Waals surface area (Å²) in [5, 5.41) is 0.492. The highest BCUT2D eigenvalue weighted by Gasteiger charge is 2.59. The van der Waals surface area contributed by atoms with Crippen LogP contribution in [0, 0.1) is 0 Å². The van der Waals surface area contributed by atoms with Crippen molar-refractivity contribution in [3.63, 3.8) is 0 Å². The molecule has 3 atom stereocenters. The van der Waals surface area contributed by atoms with E-state index in [1.54, 1.807) is 0 Å². The summed E-state index contributed by atoms with van der Waals surface area (Å²) >= 11 is 0. The Kier molecular flexibility index (Phi) is 5.34. The van der Waals surface area contributed by atoms with Gasteiger partial charge in [0.25, 0.3) is 0 Å². The molecule has 0 N–H and O–H groups in total. The summed E-state index contributed by atoms with van der Waals surface area (Å²) in [4.78, 5) is 4.65. The van der Waals surface area contributed by atoms with Crippen LogP contribution in [0.2, 0.25) is 0 Å². The van der Waals surface area contributed by atoms with E-state index < -0.39 is 12.3 Å². The van der Waals surface area contributed by atoms with Gasteiger partial charge in [-0.3, -0.25) is 4.98 Å². The minimum Gasteiger partial charge on any atom is -0.317 e. The third-order valence-electron chi connectivity index (χ3n) is 6.74.